The van der Waals surface area contributed by atoms with E-state index >= 15 is 0 Å². The lowest BCUT2D eigenvalue weighted by atomic mass is 10.2. The fourth-order valence-electron chi connectivity index (χ4n) is 2.66. The third kappa shape index (κ3) is 4.72. The number of carbonyl (C=O) groups is 2. The molecule has 0 aliphatic rings. The summed E-state index contributed by atoms with van der Waals surface area (Å²) in [5.74, 6) is -2.15. The topological polar surface area (TPSA) is 86.1 Å². The quantitative estimate of drug-likeness (QED) is 0.607. The van der Waals surface area contributed by atoms with Gasteiger partial charge in [0.1, 0.15) is 5.82 Å². The molecule has 29 heavy (non-hydrogen) atoms. The molecule has 0 atom stereocenters. The van der Waals surface area contributed by atoms with E-state index < -0.39 is 17.7 Å². The Balaban J connectivity index is 1.80. The Labute approximate surface area is 175 Å². The number of aromatic nitrogens is 3. The lowest BCUT2D eigenvalue weighted by Gasteiger charge is -2.08. The molecule has 2 aromatic carbocycles. The van der Waals surface area contributed by atoms with Gasteiger partial charge in [-0.1, -0.05) is 28.4 Å². The van der Waals surface area contributed by atoms with Gasteiger partial charge >= 0.3 is 5.97 Å². The Bertz CT molecular complexity index is 1080. The van der Waals surface area contributed by atoms with Crippen LogP contribution < -0.4 is 5.32 Å². The molecule has 1 heterocycles. The van der Waals surface area contributed by atoms with Gasteiger partial charge in [-0.3, -0.25) is 4.79 Å². The smallest absolute Gasteiger partial charge is 0.340 e. The summed E-state index contributed by atoms with van der Waals surface area (Å²) in [5, 5.41) is 11.4. The molecular weight excluding hydrogens is 422 g/mol. The summed E-state index contributed by atoms with van der Waals surface area (Å²) in [6.07, 6.45) is 0. The van der Waals surface area contributed by atoms with Crippen LogP contribution in [0.3, 0.4) is 0 Å². The van der Waals surface area contributed by atoms with Gasteiger partial charge in [0.15, 0.2) is 5.69 Å². The zero-order valence-corrected chi connectivity index (χ0v) is 16.9. The van der Waals surface area contributed by atoms with Crippen LogP contribution in [0.5, 0.6) is 0 Å². The third-order valence-corrected chi connectivity index (χ3v) is 4.52. The highest BCUT2D eigenvalue weighted by Gasteiger charge is 2.19. The Morgan fingerprint density at radius 2 is 1.86 bits per heavy atom. The van der Waals surface area contributed by atoms with Crippen molar-refractivity contribution in [3.8, 4) is 0 Å². The first kappa shape index (κ1) is 20.8. The zero-order chi connectivity index (χ0) is 21.1. The molecule has 7 nitrogen and oxygen atoms in total. The normalized spacial score (nSPS) is 10.7. The molecule has 0 radical (unpaired) electrons. The lowest BCUT2D eigenvalue weighted by molar-refractivity contribution is 0.0595. The number of methoxy groups -OCH3 is 1. The van der Waals surface area contributed by atoms with Gasteiger partial charge in [0.2, 0.25) is 0 Å². The van der Waals surface area contributed by atoms with Crippen LogP contribution in [0.1, 0.15) is 32.1 Å². The predicted octanol–water partition coefficient (Wildman–Crippen LogP) is 4.12. The fraction of sp³-hybridized carbons (Fsp3) is 0.158. The Morgan fingerprint density at radius 1 is 1.17 bits per heavy atom. The summed E-state index contributed by atoms with van der Waals surface area (Å²) in [4.78, 5) is 24.2. The average Bonchev–Trinajstić information content (AvgIpc) is 3.02. The van der Waals surface area contributed by atoms with E-state index in [1.807, 2.05) is 0 Å². The van der Waals surface area contributed by atoms with E-state index in [2.05, 4.69) is 20.4 Å². The summed E-state index contributed by atoms with van der Waals surface area (Å²) in [6, 6.07) is 8.67. The summed E-state index contributed by atoms with van der Waals surface area (Å²) in [6.45, 7) is 2.00. The van der Waals surface area contributed by atoms with E-state index in [1.54, 1.807) is 25.1 Å². The number of hydrogen-bond acceptors (Lipinski definition) is 5. The molecule has 10 heteroatoms. The lowest BCUT2D eigenvalue weighted by Crippen LogP contribution is -2.15. The van der Waals surface area contributed by atoms with Gasteiger partial charge < -0.3 is 10.1 Å². The van der Waals surface area contributed by atoms with Crippen LogP contribution in [0, 0.1) is 12.7 Å². The molecule has 150 valence electrons. The monoisotopic (exact) mass is 436 g/mol. The second kappa shape index (κ2) is 8.59. The van der Waals surface area contributed by atoms with Gasteiger partial charge in [0, 0.05) is 15.7 Å². The van der Waals surface area contributed by atoms with Crippen molar-refractivity contribution >= 4 is 40.8 Å². The molecule has 0 saturated carbocycles. The summed E-state index contributed by atoms with van der Waals surface area (Å²) < 4.78 is 19.8. The molecule has 1 aromatic heterocycles. The van der Waals surface area contributed by atoms with E-state index in [4.69, 9.17) is 23.2 Å². The largest absolute Gasteiger partial charge is 0.465 e. The van der Waals surface area contributed by atoms with Crippen LogP contribution in [0.4, 0.5) is 10.1 Å². The number of amides is 1. The SMILES string of the molecule is COC(=O)c1cc(NC(=O)c2nnn(Cc3cc(Cl)cc(Cl)c3)c2C)ccc1F. The van der Waals surface area contributed by atoms with Crippen molar-refractivity contribution in [1.82, 2.24) is 15.0 Å². The number of benzene rings is 2. The molecule has 1 amide bonds. The van der Waals surface area contributed by atoms with Crippen LogP contribution in [-0.2, 0) is 11.3 Å². The van der Waals surface area contributed by atoms with Crippen LogP contribution in [0.25, 0.3) is 0 Å². The minimum Gasteiger partial charge on any atom is -0.465 e. The van der Waals surface area contributed by atoms with Crippen LogP contribution >= 0.6 is 23.2 Å². The molecule has 0 aliphatic heterocycles. The number of hydrogen-bond donors (Lipinski definition) is 1. The molecule has 0 bridgehead atoms. The molecular formula is C19H15Cl2FN4O3. The third-order valence-electron chi connectivity index (χ3n) is 4.08. The molecule has 0 saturated heterocycles. The number of anilines is 1. The maximum absolute atomic E-state index is 13.7. The number of carbonyl (C=O) groups excluding carboxylic acids is 2. The Morgan fingerprint density at radius 3 is 2.52 bits per heavy atom. The van der Waals surface area contributed by atoms with Gasteiger partial charge in [-0.15, -0.1) is 5.10 Å². The van der Waals surface area contributed by atoms with Gasteiger partial charge in [-0.25, -0.2) is 13.9 Å². The number of nitrogens with zero attached hydrogens (tertiary/aromatic N) is 3. The first-order chi connectivity index (χ1) is 13.8. The number of nitrogens with one attached hydrogen (secondary N) is 1. The van der Waals surface area contributed by atoms with Crippen LogP contribution in [0.2, 0.25) is 10.0 Å². The van der Waals surface area contributed by atoms with Gasteiger partial charge in [-0.05, 0) is 48.9 Å². The van der Waals surface area contributed by atoms with Crippen molar-refractivity contribution in [1.29, 1.82) is 0 Å². The number of esters is 1. The predicted molar refractivity (Wildman–Crippen MR) is 106 cm³/mol. The zero-order valence-electron chi connectivity index (χ0n) is 15.4. The number of rotatable bonds is 5. The summed E-state index contributed by atoms with van der Waals surface area (Å²) in [7, 11) is 1.14. The standard InChI is InChI=1S/C19H15Cl2FN4O3/c1-10-17(24-25-26(10)9-11-5-12(20)7-13(21)6-11)18(27)23-14-3-4-16(22)15(8-14)19(28)29-2/h3-8H,9H2,1-2H3,(H,23,27). The van der Waals surface area contributed by atoms with Gasteiger partial charge in [0.05, 0.1) is 24.9 Å². The highest BCUT2D eigenvalue weighted by atomic mass is 35.5. The molecule has 3 rings (SSSR count). The molecule has 3 aromatic rings. The van der Waals surface area contributed by atoms with Gasteiger partial charge in [0.25, 0.3) is 5.91 Å². The van der Waals surface area contributed by atoms with Crippen molar-refractivity contribution in [3.63, 3.8) is 0 Å². The van der Waals surface area contributed by atoms with Crippen molar-refractivity contribution < 1.29 is 18.7 Å². The van der Waals surface area contributed by atoms with Crippen LogP contribution in [0.15, 0.2) is 36.4 Å². The van der Waals surface area contributed by atoms with E-state index in [0.717, 1.165) is 18.7 Å². The Kier molecular flexibility index (Phi) is 6.14. The van der Waals surface area contributed by atoms with E-state index in [9.17, 15) is 14.0 Å². The van der Waals surface area contributed by atoms with Gasteiger partial charge in [-0.2, -0.15) is 0 Å². The van der Waals surface area contributed by atoms with E-state index in [-0.39, 0.29) is 16.9 Å². The van der Waals surface area contributed by atoms with E-state index in [0.29, 0.717) is 22.3 Å². The second-order valence-electron chi connectivity index (χ2n) is 6.10. The second-order valence-corrected chi connectivity index (χ2v) is 6.97. The number of ether oxygens (including phenoxy) is 1. The van der Waals surface area contributed by atoms with Crippen LogP contribution in [-0.4, -0.2) is 34.0 Å². The minimum absolute atomic E-state index is 0.0852. The Hall–Kier alpha value is -2.97. The maximum atomic E-state index is 13.7. The minimum atomic E-state index is -0.846. The van der Waals surface area contributed by atoms with Crippen molar-refractivity contribution in [2.45, 2.75) is 13.5 Å². The summed E-state index contributed by atoms with van der Waals surface area (Å²) in [5.41, 5.74) is 1.32. The van der Waals surface area contributed by atoms with Crippen molar-refractivity contribution in [2.75, 3.05) is 12.4 Å². The molecule has 0 aliphatic carbocycles. The first-order valence-corrected chi connectivity index (χ1v) is 9.08. The average molecular weight is 437 g/mol. The number of halogens is 3. The van der Waals surface area contributed by atoms with Crippen molar-refractivity contribution in [2.24, 2.45) is 0 Å². The highest BCUT2D eigenvalue weighted by molar-refractivity contribution is 6.34. The van der Waals surface area contributed by atoms with Crippen molar-refractivity contribution in [3.05, 3.63) is 74.8 Å². The highest BCUT2D eigenvalue weighted by Crippen LogP contribution is 2.21. The molecule has 1 N–H and O–H groups in total. The fourth-order valence-corrected chi connectivity index (χ4v) is 3.23. The maximum Gasteiger partial charge on any atom is 0.340 e. The first-order valence-electron chi connectivity index (χ1n) is 8.32. The molecule has 0 spiro atoms. The van der Waals surface area contributed by atoms with E-state index in [1.165, 1.54) is 16.8 Å². The molecule has 0 fully saturated rings. The molecule has 0 unspecified atom stereocenters. The summed E-state index contributed by atoms with van der Waals surface area (Å²) >= 11 is 12.0.